The normalized spacial score (nSPS) is 11.3. The molecule has 3 aromatic rings. The van der Waals surface area contributed by atoms with Crippen molar-refractivity contribution >= 4 is 28.5 Å². The van der Waals surface area contributed by atoms with E-state index < -0.39 is 10.7 Å². The van der Waals surface area contributed by atoms with Crippen molar-refractivity contribution in [3.8, 4) is 17.2 Å². The number of nitrogens with zero attached hydrogens (tertiary/aromatic N) is 2. The number of carboxylic acid groups (broad SMARTS) is 1. The van der Waals surface area contributed by atoms with Gasteiger partial charge in [-0.25, -0.2) is 0 Å². The molecule has 0 radical (unpaired) electrons. The number of aromatic nitrogens is 1. The zero-order valence-corrected chi connectivity index (χ0v) is 15.1. The highest BCUT2D eigenvalue weighted by Gasteiger charge is 2.30. The maximum Gasteiger partial charge on any atom is 0.319 e. The minimum absolute atomic E-state index is 0.551. The summed E-state index contributed by atoms with van der Waals surface area (Å²) in [6.45, 7) is 3.25. The summed E-state index contributed by atoms with van der Waals surface area (Å²) in [5.41, 5.74) is 1.98. The van der Waals surface area contributed by atoms with E-state index in [1.165, 1.54) is 24.2 Å². The average molecular weight is 364 g/mol. The van der Waals surface area contributed by atoms with E-state index in [2.05, 4.69) is 6.07 Å². The van der Waals surface area contributed by atoms with Crippen molar-refractivity contribution in [3.05, 3.63) is 65.6 Å². The van der Waals surface area contributed by atoms with Crippen LogP contribution in [0.2, 0.25) is 0 Å². The van der Waals surface area contributed by atoms with Gasteiger partial charge in [0.05, 0.1) is 17.2 Å². The maximum atomic E-state index is 11.9. The second kappa shape index (κ2) is 6.70. The molecule has 1 N–H and O–H groups in total. The van der Waals surface area contributed by atoms with Gasteiger partial charge in [-0.15, -0.1) is 11.8 Å². The van der Waals surface area contributed by atoms with Gasteiger partial charge < -0.3 is 10.3 Å². The molecule has 6 heteroatoms. The summed E-state index contributed by atoms with van der Waals surface area (Å²) in [5, 5.41) is 32.3. The fraction of sp³-hybridized carbons (Fsp3) is 0.150. The third kappa shape index (κ3) is 3.22. The summed E-state index contributed by atoms with van der Waals surface area (Å²) in [7, 11) is 0. The molecule has 0 spiro atoms. The Hall–Kier alpha value is -3.04. The van der Waals surface area contributed by atoms with E-state index >= 15 is 0 Å². The molecule has 0 saturated carbocycles. The van der Waals surface area contributed by atoms with Crippen LogP contribution in [0.15, 0.2) is 59.8 Å². The Morgan fingerprint density at radius 1 is 1.15 bits per heavy atom. The SMILES string of the molecule is CC(C)(Sc1cc[n+]([O-])cc1-c1ccc(C#N)c2ccccc12)C(=O)O. The smallest absolute Gasteiger partial charge is 0.319 e. The molecular formula is C20H16N2O3S. The van der Waals surface area contributed by atoms with Gasteiger partial charge in [0.1, 0.15) is 4.75 Å². The monoisotopic (exact) mass is 364 g/mol. The second-order valence-electron chi connectivity index (χ2n) is 6.32. The summed E-state index contributed by atoms with van der Waals surface area (Å²) in [6, 6.07) is 14.8. The average Bonchev–Trinajstić information content (AvgIpc) is 2.62. The molecule has 0 unspecified atom stereocenters. The number of fused-ring (bicyclic) bond motifs is 1. The van der Waals surface area contributed by atoms with Crippen LogP contribution in [0.3, 0.4) is 0 Å². The lowest BCUT2D eigenvalue weighted by molar-refractivity contribution is -0.605. The van der Waals surface area contributed by atoms with E-state index in [1.54, 1.807) is 32.0 Å². The third-order valence-corrected chi connectivity index (χ3v) is 5.37. The highest BCUT2D eigenvalue weighted by atomic mass is 32.2. The van der Waals surface area contributed by atoms with E-state index in [0.717, 1.165) is 16.3 Å². The van der Waals surface area contributed by atoms with Crippen LogP contribution in [-0.4, -0.2) is 15.8 Å². The van der Waals surface area contributed by atoms with Gasteiger partial charge in [-0.05, 0) is 30.9 Å². The van der Waals surface area contributed by atoms with Crippen LogP contribution in [-0.2, 0) is 4.79 Å². The van der Waals surface area contributed by atoms with Crippen LogP contribution in [0.5, 0.6) is 0 Å². The molecule has 26 heavy (non-hydrogen) atoms. The summed E-state index contributed by atoms with van der Waals surface area (Å²) in [6.07, 6.45) is 2.80. The van der Waals surface area contributed by atoms with Crippen molar-refractivity contribution in [2.45, 2.75) is 23.5 Å². The number of carboxylic acids is 1. The third-order valence-electron chi connectivity index (χ3n) is 4.11. The lowest BCUT2D eigenvalue weighted by Crippen LogP contribution is -2.28. The number of aliphatic carboxylic acids is 1. The molecule has 1 aromatic heterocycles. The van der Waals surface area contributed by atoms with Crippen molar-refractivity contribution in [1.29, 1.82) is 5.26 Å². The molecule has 0 aliphatic heterocycles. The Kier molecular flexibility index (Phi) is 4.58. The fourth-order valence-electron chi connectivity index (χ4n) is 2.71. The first-order valence-electron chi connectivity index (χ1n) is 7.91. The van der Waals surface area contributed by atoms with Gasteiger partial charge in [0.25, 0.3) is 0 Å². The minimum atomic E-state index is -1.05. The maximum absolute atomic E-state index is 11.9. The molecule has 0 saturated heterocycles. The molecule has 130 valence electrons. The predicted octanol–water partition coefficient (Wildman–Crippen LogP) is 3.97. The van der Waals surface area contributed by atoms with E-state index in [4.69, 9.17) is 0 Å². The van der Waals surface area contributed by atoms with E-state index in [0.29, 0.717) is 20.8 Å². The summed E-state index contributed by atoms with van der Waals surface area (Å²) >= 11 is 1.19. The fourth-order valence-corrected chi connectivity index (χ4v) is 3.74. The van der Waals surface area contributed by atoms with Crippen LogP contribution >= 0.6 is 11.8 Å². The molecule has 1 heterocycles. The molecule has 0 bridgehead atoms. The largest absolute Gasteiger partial charge is 0.619 e. The number of nitriles is 1. The van der Waals surface area contributed by atoms with Gasteiger partial charge in [-0.1, -0.05) is 30.3 Å². The minimum Gasteiger partial charge on any atom is -0.619 e. The van der Waals surface area contributed by atoms with Gasteiger partial charge >= 0.3 is 5.97 Å². The van der Waals surface area contributed by atoms with Crippen LogP contribution in [0.4, 0.5) is 0 Å². The molecule has 2 aromatic carbocycles. The highest BCUT2D eigenvalue weighted by Crippen LogP contribution is 2.40. The first kappa shape index (κ1) is 17.8. The Morgan fingerprint density at radius 3 is 2.50 bits per heavy atom. The van der Waals surface area contributed by atoms with Crippen LogP contribution in [0, 0.1) is 16.5 Å². The lowest BCUT2D eigenvalue weighted by atomic mass is 9.96. The number of carbonyl (C=O) groups is 1. The molecule has 0 aliphatic carbocycles. The number of hydrogen-bond donors (Lipinski definition) is 1. The number of benzene rings is 2. The van der Waals surface area contributed by atoms with E-state index in [1.807, 2.05) is 24.3 Å². The van der Waals surface area contributed by atoms with Crippen LogP contribution in [0.1, 0.15) is 19.4 Å². The molecule has 0 fully saturated rings. The summed E-state index contributed by atoms with van der Waals surface area (Å²) < 4.78 is -0.355. The molecule has 3 rings (SSSR count). The molecular weight excluding hydrogens is 348 g/mol. The quantitative estimate of drug-likeness (QED) is 0.430. The zero-order chi connectivity index (χ0) is 18.9. The predicted molar refractivity (Wildman–Crippen MR) is 101 cm³/mol. The van der Waals surface area contributed by atoms with Crippen molar-refractivity contribution in [2.24, 2.45) is 0 Å². The number of thioether (sulfide) groups is 1. The number of hydrogen-bond acceptors (Lipinski definition) is 4. The summed E-state index contributed by atoms with van der Waals surface area (Å²) in [5.74, 6) is -0.933. The van der Waals surface area contributed by atoms with E-state index in [9.17, 15) is 20.4 Å². The first-order valence-corrected chi connectivity index (χ1v) is 8.72. The lowest BCUT2D eigenvalue weighted by Gasteiger charge is -2.20. The molecule has 0 atom stereocenters. The van der Waals surface area contributed by atoms with Crippen molar-refractivity contribution < 1.29 is 14.6 Å². The summed E-state index contributed by atoms with van der Waals surface area (Å²) in [4.78, 5) is 12.2. The highest BCUT2D eigenvalue weighted by molar-refractivity contribution is 8.01. The standard InChI is InChI=1S/C20H16N2O3S/c1-20(2,19(23)24)26-18-9-10-22(25)12-17(18)16-8-7-13(11-21)14-5-3-4-6-15(14)16/h3-10,12H,1-2H3,(H,23,24). The van der Waals surface area contributed by atoms with Crippen molar-refractivity contribution in [2.75, 3.05) is 0 Å². The van der Waals surface area contributed by atoms with Crippen molar-refractivity contribution in [3.63, 3.8) is 0 Å². The van der Waals surface area contributed by atoms with Gasteiger partial charge in [0.15, 0.2) is 12.4 Å². The van der Waals surface area contributed by atoms with E-state index in [-0.39, 0.29) is 0 Å². The van der Waals surface area contributed by atoms with Gasteiger partial charge in [0.2, 0.25) is 0 Å². The van der Waals surface area contributed by atoms with Gasteiger partial charge in [-0.2, -0.15) is 9.99 Å². The first-order chi connectivity index (χ1) is 12.3. The number of rotatable bonds is 4. The zero-order valence-electron chi connectivity index (χ0n) is 14.3. The Bertz CT molecular complexity index is 1050. The van der Waals surface area contributed by atoms with Gasteiger partial charge in [0, 0.05) is 16.3 Å². The Balaban J connectivity index is 2.25. The number of pyridine rings is 1. The molecule has 5 nitrogen and oxygen atoms in total. The van der Waals surface area contributed by atoms with Crippen molar-refractivity contribution in [1.82, 2.24) is 0 Å². The van der Waals surface area contributed by atoms with Crippen LogP contribution in [0.25, 0.3) is 21.9 Å². The Labute approximate surface area is 155 Å². The molecule has 0 aliphatic rings. The Morgan fingerprint density at radius 2 is 1.85 bits per heavy atom. The van der Waals surface area contributed by atoms with Crippen LogP contribution < -0.4 is 4.73 Å². The second-order valence-corrected chi connectivity index (χ2v) is 7.98. The molecule has 0 amide bonds. The van der Waals surface area contributed by atoms with Gasteiger partial charge in [-0.3, -0.25) is 4.79 Å². The topological polar surface area (TPSA) is 88.0 Å².